The number of nitrogens with zero attached hydrogens (tertiary/aromatic N) is 1. The maximum atomic E-state index is 13.5. The van der Waals surface area contributed by atoms with Crippen LogP contribution in [0.15, 0.2) is 24.3 Å². The molecule has 0 unspecified atom stereocenters. The molecule has 0 radical (unpaired) electrons. The predicted molar refractivity (Wildman–Crippen MR) is 150 cm³/mol. The Kier molecular flexibility index (Phi) is 11.7. The molecule has 1 aromatic carbocycles. The van der Waals surface area contributed by atoms with E-state index >= 15 is 0 Å². The van der Waals surface area contributed by atoms with Gasteiger partial charge < -0.3 is 15.3 Å². The van der Waals surface area contributed by atoms with Crippen LogP contribution in [0.2, 0.25) is 5.02 Å². The van der Waals surface area contributed by atoms with Crippen molar-refractivity contribution >= 4 is 27.5 Å². The minimum atomic E-state index is -3.30. The summed E-state index contributed by atoms with van der Waals surface area (Å²) < 4.78 is 25.5. The van der Waals surface area contributed by atoms with Gasteiger partial charge in [0.2, 0.25) is 15.9 Å². The summed E-state index contributed by atoms with van der Waals surface area (Å²) in [6, 6.07) is 7.28. The van der Waals surface area contributed by atoms with Gasteiger partial charge in [-0.05, 0) is 75.2 Å². The number of sulfonamides is 1. The Morgan fingerprint density at radius 1 is 1.22 bits per heavy atom. The second kappa shape index (κ2) is 14.3. The third kappa shape index (κ3) is 9.50. The summed E-state index contributed by atoms with van der Waals surface area (Å²) in [6.45, 7) is 2.31. The molecular formula is C28H46ClN3O4S. The molecule has 37 heavy (non-hydrogen) atoms. The lowest BCUT2D eigenvalue weighted by molar-refractivity contribution is -0.137. The number of nitrogens with one attached hydrogen (secondary N) is 2. The molecule has 1 saturated heterocycles. The van der Waals surface area contributed by atoms with Gasteiger partial charge in [-0.2, -0.15) is 0 Å². The average Bonchev–Trinajstić information content (AvgIpc) is 2.87. The molecule has 1 heterocycles. The van der Waals surface area contributed by atoms with Gasteiger partial charge in [0.1, 0.15) is 0 Å². The lowest BCUT2D eigenvalue weighted by Gasteiger charge is -2.43. The molecule has 7 nitrogen and oxygen atoms in total. The topological polar surface area (TPSA) is 98.7 Å². The zero-order chi connectivity index (χ0) is 26.9. The van der Waals surface area contributed by atoms with Gasteiger partial charge in [0.05, 0.1) is 11.9 Å². The van der Waals surface area contributed by atoms with Crippen molar-refractivity contribution in [3.05, 3.63) is 34.9 Å². The Balaban J connectivity index is 1.69. The number of rotatable bonds is 13. The van der Waals surface area contributed by atoms with Crippen molar-refractivity contribution in [2.45, 2.75) is 76.2 Å². The molecule has 9 heteroatoms. The summed E-state index contributed by atoms with van der Waals surface area (Å²) in [7, 11) is -1.34. The van der Waals surface area contributed by atoms with Crippen LogP contribution in [-0.4, -0.2) is 63.8 Å². The first-order chi connectivity index (χ1) is 17.6. The number of hydrogen-bond acceptors (Lipinski definition) is 5. The lowest BCUT2D eigenvalue weighted by atomic mass is 9.74. The van der Waals surface area contributed by atoms with Crippen LogP contribution in [-0.2, 0) is 20.4 Å². The summed E-state index contributed by atoms with van der Waals surface area (Å²) in [4.78, 5) is 15.4. The fourth-order valence-corrected chi connectivity index (χ4v) is 7.05. The van der Waals surface area contributed by atoms with E-state index in [-0.39, 0.29) is 18.4 Å². The number of carbonyl (C=O) groups is 1. The summed E-state index contributed by atoms with van der Waals surface area (Å²) in [5, 5.41) is 15.9. The Labute approximate surface area is 228 Å². The number of halogens is 1. The SMILES string of the molecule is CNC[C@@H](CC(=O)N1CCC[C@@H]([C@@](O)(CCCNS(C)(=O)=O)c2cccc(Cl)c2)C1)CC1CCCCC1. The number of piperidine rings is 1. The van der Waals surface area contributed by atoms with Gasteiger partial charge in [0.25, 0.3) is 0 Å². The van der Waals surface area contributed by atoms with Crippen LogP contribution in [0, 0.1) is 17.8 Å². The lowest BCUT2D eigenvalue weighted by Crippen LogP contribution is -2.49. The summed E-state index contributed by atoms with van der Waals surface area (Å²) in [5.74, 6) is 1.08. The van der Waals surface area contributed by atoms with E-state index in [9.17, 15) is 18.3 Å². The fraction of sp³-hybridized carbons (Fsp3) is 0.750. The second-order valence-corrected chi connectivity index (χ2v) is 13.5. The van der Waals surface area contributed by atoms with E-state index in [4.69, 9.17) is 11.6 Å². The Bertz CT molecular complexity index is 970. The van der Waals surface area contributed by atoms with Gasteiger partial charge in [-0.1, -0.05) is 55.8 Å². The van der Waals surface area contributed by atoms with Gasteiger partial charge in [-0.25, -0.2) is 13.1 Å². The van der Waals surface area contributed by atoms with Crippen molar-refractivity contribution in [3.63, 3.8) is 0 Å². The molecule has 3 rings (SSSR count). The summed E-state index contributed by atoms with van der Waals surface area (Å²) in [6.07, 6.45) is 11.8. The monoisotopic (exact) mass is 555 g/mol. The maximum absolute atomic E-state index is 13.5. The molecule has 3 N–H and O–H groups in total. The zero-order valence-corrected chi connectivity index (χ0v) is 24.1. The van der Waals surface area contributed by atoms with Crippen LogP contribution in [0.5, 0.6) is 0 Å². The standard InChI is InChI=1S/C28H46ClN3O4S/c1-30-20-23(17-22-9-4-3-5-10-22)18-27(33)32-16-7-12-25(21-32)28(34,14-8-15-31-37(2,35)36)24-11-6-13-26(29)19-24/h6,11,13,19,22-23,25,30-31,34H,3-5,7-10,12,14-18,20-21H2,1-2H3/t23-,25-,28-/m1/s1. The molecule has 1 aliphatic heterocycles. The molecule has 0 aromatic heterocycles. The average molecular weight is 556 g/mol. The van der Waals surface area contributed by atoms with Gasteiger partial charge in [0.15, 0.2) is 0 Å². The molecule has 3 atom stereocenters. The highest BCUT2D eigenvalue weighted by atomic mass is 35.5. The fourth-order valence-electron chi connectivity index (χ4n) is 6.35. The summed E-state index contributed by atoms with van der Waals surface area (Å²) in [5.41, 5.74) is -0.473. The minimum Gasteiger partial charge on any atom is -0.385 e. The molecular weight excluding hydrogens is 510 g/mol. The number of likely N-dealkylation sites (tertiary alicyclic amines) is 1. The molecule has 0 bridgehead atoms. The van der Waals surface area contributed by atoms with Crippen molar-refractivity contribution in [2.24, 2.45) is 17.8 Å². The van der Waals surface area contributed by atoms with Crippen LogP contribution >= 0.6 is 11.6 Å². The number of hydrogen-bond donors (Lipinski definition) is 3. The van der Waals surface area contributed by atoms with Crippen LogP contribution in [0.25, 0.3) is 0 Å². The minimum absolute atomic E-state index is 0.150. The van der Waals surface area contributed by atoms with Gasteiger partial charge in [-0.3, -0.25) is 4.79 Å². The van der Waals surface area contributed by atoms with Crippen molar-refractivity contribution in [2.75, 3.05) is 39.5 Å². The second-order valence-electron chi connectivity index (χ2n) is 11.3. The van der Waals surface area contributed by atoms with E-state index in [0.29, 0.717) is 43.3 Å². The molecule has 1 aromatic rings. The molecule has 0 spiro atoms. The number of carbonyl (C=O) groups excluding carboxylic acids is 1. The predicted octanol–water partition coefficient (Wildman–Crippen LogP) is 4.29. The van der Waals surface area contributed by atoms with Crippen molar-refractivity contribution in [3.8, 4) is 0 Å². The number of benzene rings is 1. The molecule has 1 amide bonds. The van der Waals surface area contributed by atoms with E-state index in [2.05, 4.69) is 10.0 Å². The van der Waals surface area contributed by atoms with Crippen molar-refractivity contribution in [1.82, 2.24) is 14.9 Å². The van der Waals surface area contributed by atoms with Crippen LogP contribution in [0.4, 0.5) is 0 Å². The molecule has 2 aliphatic rings. The molecule has 210 valence electrons. The van der Waals surface area contributed by atoms with Crippen LogP contribution in [0.3, 0.4) is 0 Å². The van der Waals surface area contributed by atoms with E-state index in [1.807, 2.05) is 24.1 Å². The highest BCUT2D eigenvalue weighted by Gasteiger charge is 2.41. The first-order valence-electron chi connectivity index (χ1n) is 14.0. The van der Waals surface area contributed by atoms with E-state index in [1.165, 1.54) is 32.1 Å². The van der Waals surface area contributed by atoms with Crippen LogP contribution < -0.4 is 10.0 Å². The third-order valence-corrected chi connectivity index (χ3v) is 9.18. The van der Waals surface area contributed by atoms with Gasteiger partial charge >= 0.3 is 0 Å². The maximum Gasteiger partial charge on any atom is 0.222 e. The van der Waals surface area contributed by atoms with Crippen molar-refractivity contribution in [1.29, 1.82) is 0 Å². The van der Waals surface area contributed by atoms with E-state index in [0.717, 1.165) is 43.5 Å². The van der Waals surface area contributed by atoms with Gasteiger partial charge in [0, 0.05) is 37.0 Å². The highest BCUT2D eigenvalue weighted by Crippen LogP contribution is 2.40. The number of aliphatic hydroxyl groups is 1. The number of amides is 1. The largest absolute Gasteiger partial charge is 0.385 e. The summed E-state index contributed by atoms with van der Waals surface area (Å²) >= 11 is 6.28. The van der Waals surface area contributed by atoms with Crippen LogP contribution in [0.1, 0.15) is 76.2 Å². The van der Waals surface area contributed by atoms with E-state index < -0.39 is 15.6 Å². The van der Waals surface area contributed by atoms with Crippen molar-refractivity contribution < 1.29 is 18.3 Å². The Hall–Kier alpha value is -1.19. The van der Waals surface area contributed by atoms with E-state index in [1.54, 1.807) is 12.1 Å². The first-order valence-corrected chi connectivity index (χ1v) is 16.2. The molecule has 1 aliphatic carbocycles. The molecule has 1 saturated carbocycles. The van der Waals surface area contributed by atoms with Gasteiger partial charge in [-0.15, -0.1) is 0 Å². The quantitative estimate of drug-likeness (QED) is 0.315. The smallest absolute Gasteiger partial charge is 0.222 e. The zero-order valence-electron chi connectivity index (χ0n) is 22.6. The Morgan fingerprint density at radius 3 is 2.65 bits per heavy atom. The third-order valence-electron chi connectivity index (χ3n) is 8.22. The highest BCUT2D eigenvalue weighted by molar-refractivity contribution is 7.88. The Morgan fingerprint density at radius 2 is 1.97 bits per heavy atom. The first kappa shape index (κ1) is 30.4. The normalized spacial score (nSPS) is 21.9. The molecule has 2 fully saturated rings.